The number of aromatic hydroxyl groups is 1. The largest absolute Gasteiger partial charge is 0.506 e. The Labute approximate surface area is 107 Å². The number of benzene rings is 1. The Morgan fingerprint density at radius 3 is 2.65 bits per heavy atom. The van der Waals surface area contributed by atoms with Crippen molar-refractivity contribution in [3.8, 4) is 22.8 Å². The molecule has 0 amide bonds. The third-order valence-electron chi connectivity index (χ3n) is 2.46. The molecule has 0 unspecified atom stereocenters. The molecule has 0 saturated carbocycles. The summed E-state index contributed by atoms with van der Waals surface area (Å²) in [5.74, 6) is 1.27. The Morgan fingerprint density at radius 2 is 2.12 bits per heavy atom. The van der Waals surface area contributed by atoms with E-state index in [4.69, 9.17) is 10.5 Å². The molecular weight excluding hydrogens is 286 g/mol. The first-order valence-corrected chi connectivity index (χ1v) is 5.68. The van der Waals surface area contributed by atoms with E-state index in [0.29, 0.717) is 27.3 Å². The minimum absolute atomic E-state index is 0.115. The van der Waals surface area contributed by atoms with E-state index in [9.17, 15) is 5.11 Å². The van der Waals surface area contributed by atoms with E-state index in [0.717, 1.165) is 0 Å². The molecule has 1 aromatic carbocycles. The van der Waals surface area contributed by atoms with Crippen molar-refractivity contribution in [3.05, 3.63) is 22.7 Å². The third kappa shape index (κ3) is 2.08. The molecule has 0 aliphatic heterocycles. The molecule has 0 aliphatic rings. The Balaban J connectivity index is 2.61. The number of halogens is 1. The third-order valence-corrected chi connectivity index (χ3v) is 3.07. The van der Waals surface area contributed by atoms with Gasteiger partial charge in [0.25, 0.3) is 0 Å². The van der Waals surface area contributed by atoms with Crippen molar-refractivity contribution in [2.45, 2.75) is 0 Å². The number of nitrogens with zero attached hydrogens (tertiary/aromatic N) is 2. The molecule has 90 valence electrons. The fourth-order valence-electron chi connectivity index (χ4n) is 1.50. The molecule has 6 heteroatoms. The summed E-state index contributed by atoms with van der Waals surface area (Å²) in [7, 11) is 3.31. The van der Waals surface area contributed by atoms with Crippen LogP contribution in [0.25, 0.3) is 11.3 Å². The molecule has 5 nitrogen and oxygen atoms in total. The van der Waals surface area contributed by atoms with Crippen LogP contribution in [0.1, 0.15) is 0 Å². The van der Waals surface area contributed by atoms with E-state index in [2.05, 4.69) is 21.0 Å². The summed E-state index contributed by atoms with van der Waals surface area (Å²) in [5.41, 5.74) is 6.88. The van der Waals surface area contributed by atoms with Gasteiger partial charge in [-0.2, -0.15) is 5.10 Å². The fourth-order valence-corrected chi connectivity index (χ4v) is 1.94. The number of ether oxygens (including phenoxy) is 1. The van der Waals surface area contributed by atoms with Crippen molar-refractivity contribution >= 4 is 21.7 Å². The number of phenols is 1. The lowest BCUT2D eigenvalue weighted by Crippen LogP contribution is -1.96. The number of hydrogen-bond acceptors (Lipinski definition) is 4. The van der Waals surface area contributed by atoms with E-state index in [1.807, 2.05) is 0 Å². The zero-order chi connectivity index (χ0) is 12.6. The topological polar surface area (TPSA) is 73.3 Å². The molecular formula is C11H12BrN3O2. The number of aromatic nitrogens is 2. The Hall–Kier alpha value is -1.69. The highest BCUT2D eigenvalue weighted by molar-refractivity contribution is 9.10. The SMILES string of the molecule is COc1cc(Br)c(O)c(-c2cc(N)n(C)n2)c1. The van der Waals surface area contributed by atoms with Gasteiger partial charge in [0.05, 0.1) is 17.3 Å². The maximum Gasteiger partial charge on any atom is 0.139 e. The standard InChI is InChI=1S/C11H12BrN3O2/c1-15-10(13)5-9(14-15)7-3-6(17-2)4-8(12)11(7)16/h3-5,16H,13H2,1-2H3. The lowest BCUT2D eigenvalue weighted by molar-refractivity contribution is 0.412. The molecule has 0 spiro atoms. The summed E-state index contributed by atoms with van der Waals surface area (Å²) in [4.78, 5) is 0. The van der Waals surface area contributed by atoms with Crippen LogP contribution in [0.2, 0.25) is 0 Å². The van der Waals surface area contributed by atoms with Crippen LogP contribution in [0.3, 0.4) is 0 Å². The number of anilines is 1. The first kappa shape index (κ1) is 11.8. The van der Waals surface area contributed by atoms with Crippen LogP contribution in [-0.2, 0) is 7.05 Å². The van der Waals surface area contributed by atoms with Crippen molar-refractivity contribution in [1.82, 2.24) is 9.78 Å². The zero-order valence-electron chi connectivity index (χ0n) is 9.44. The number of phenolic OH excluding ortho intramolecular Hbond substituents is 1. The Kier molecular flexibility index (Phi) is 2.97. The average molecular weight is 298 g/mol. The van der Waals surface area contributed by atoms with Crippen LogP contribution >= 0.6 is 15.9 Å². The second kappa shape index (κ2) is 4.29. The molecule has 0 bridgehead atoms. The molecule has 2 rings (SSSR count). The van der Waals surface area contributed by atoms with Gasteiger partial charge >= 0.3 is 0 Å². The van der Waals surface area contributed by atoms with Gasteiger partial charge in [-0.25, -0.2) is 0 Å². The second-order valence-electron chi connectivity index (χ2n) is 3.58. The predicted octanol–water partition coefficient (Wildman–Crippen LogP) is 2.15. The average Bonchev–Trinajstić information content (AvgIpc) is 2.62. The van der Waals surface area contributed by atoms with E-state index in [-0.39, 0.29) is 5.75 Å². The van der Waals surface area contributed by atoms with Gasteiger partial charge in [0.2, 0.25) is 0 Å². The van der Waals surface area contributed by atoms with E-state index >= 15 is 0 Å². The summed E-state index contributed by atoms with van der Waals surface area (Å²) in [6, 6.07) is 5.09. The molecule has 0 saturated heterocycles. The van der Waals surface area contributed by atoms with E-state index < -0.39 is 0 Å². The van der Waals surface area contributed by atoms with Crippen LogP contribution in [0.4, 0.5) is 5.82 Å². The number of nitrogens with two attached hydrogens (primary N) is 1. The van der Waals surface area contributed by atoms with Crippen LogP contribution in [0.5, 0.6) is 11.5 Å². The van der Waals surface area contributed by atoms with Crippen molar-refractivity contribution < 1.29 is 9.84 Å². The van der Waals surface area contributed by atoms with Gasteiger partial charge in [0.15, 0.2) is 0 Å². The molecule has 3 N–H and O–H groups in total. The van der Waals surface area contributed by atoms with Crippen molar-refractivity contribution in [2.75, 3.05) is 12.8 Å². The zero-order valence-corrected chi connectivity index (χ0v) is 11.0. The normalized spacial score (nSPS) is 10.5. The van der Waals surface area contributed by atoms with Gasteiger partial charge in [-0.15, -0.1) is 0 Å². The maximum atomic E-state index is 9.98. The van der Waals surface area contributed by atoms with Crippen LogP contribution in [0, 0.1) is 0 Å². The molecule has 1 heterocycles. The Morgan fingerprint density at radius 1 is 1.41 bits per heavy atom. The lowest BCUT2D eigenvalue weighted by atomic mass is 10.1. The molecule has 0 fully saturated rings. The van der Waals surface area contributed by atoms with Crippen molar-refractivity contribution in [2.24, 2.45) is 7.05 Å². The number of rotatable bonds is 2. The summed E-state index contributed by atoms with van der Waals surface area (Å²) >= 11 is 3.26. The molecule has 17 heavy (non-hydrogen) atoms. The van der Waals surface area contributed by atoms with Crippen LogP contribution in [-0.4, -0.2) is 22.0 Å². The van der Waals surface area contributed by atoms with E-state index in [1.54, 1.807) is 37.0 Å². The minimum atomic E-state index is 0.115. The smallest absolute Gasteiger partial charge is 0.139 e. The van der Waals surface area contributed by atoms with Gasteiger partial charge in [0.1, 0.15) is 17.3 Å². The first-order valence-electron chi connectivity index (χ1n) is 4.89. The molecule has 0 aliphatic carbocycles. The minimum Gasteiger partial charge on any atom is -0.506 e. The van der Waals surface area contributed by atoms with Gasteiger partial charge in [-0.3, -0.25) is 4.68 Å². The summed E-state index contributed by atoms with van der Waals surface area (Å²) in [6.07, 6.45) is 0. The van der Waals surface area contributed by atoms with Gasteiger partial charge < -0.3 is 15.6 Å². The van der Waals surface area contributed by atoms with Gasteiger partial charge in [-0.1, -0.05) is 0 Å². The fraction of sp³-hybridized carbons (Fsp3) is 0.182. The molecule has 0 radical (unpaired) electrons. The monoisotopic (exact) mass is 297 g/mol. The Bertz CT molecular complexity index is 547. The number of aryl methyl sites for hydroxylation is 1. The summed E-state index contributed by atoms with van der Waals surface area (Å²) in [6.45, 7) is 0. The summed E-state index contributed by atoms with van der Waals surface area (Å²) < 4.78 is 7.24. The molecule has 1 aromatic heterocycles. The highest BCUT2D eigenvalue weighted by atomic mass is 79.9. The van der Waals surface area contributed by atoms with Crippen LogP contribution < -0.4 is 10.5 Å². The number of nitrogen functional groups attached to an aromatic ring is 1. The number of hydrogen-bond donors (Lipinski definition) is 2. The second-order valence-corrected chi connectivity index (χ2v) is 4.44. The molecule has 2 aromatic rings. The van der Waals surface area contributed by atoms with E-state index in [1.165, 1.54) is 0 Å². The highest BCUT2D eigenvalue weighted by Gasteiger charge is 2.14. The first-order chi connectivity index (χ1) is 8.02. The number of methoxy groups -OCH3 is 1. The van der Waals surface area contributed by atoms with Crippen LogP contribution in [0.15, 0.2) is 22.7 Å². The van der Waals surface area contributed by atoms with Crippen molar-refractivity contribution in [1.29, 1.82) is 0 Å². The maximum absolute atomic E-state index is 9.98. The van der Waals surface area contributed by atoms with Gasteiger partial charge in [0, 0.05) is 18.7 Å². The quantitative estimate of drug-likeness (QED) is 0.891. The highest BCUT2D eigenvalue weighted by Crippen LogP contribution is 2.38. The van der Waals surface area contributed by atoms with Crippen molar-refractivity contribution in [3.63, 3.8) is 0 Å². The van der Waals surface area contributed by atoms with Gasteiger partial charge in [-0.05, 0) is 28.1 Å². The summed E-state index contributed by atoms with van der Waals surface area (Å²) in [5, 5.41) is 14.2. The molecule has 0 atom stereocenters. The lowest BCUT2D eigenvalue weighted by Gasteiger charge is -2.07. The predicted molar refractivity (Wildman–Crippen MR) is 69.0 cm³/mol.